The van der Waals surface area contributed by atoms with Crippen molar-refractivity contribution in [3.05, 3.63) is 190 Å². The summed E-state index contributed by atoms with van der Waals surface area (Å²) in [5.74, 6) is 0. The molecular formula is C52H48N2. The van der Waals surface area contributed by atoms with Crippen LogP contribution >= 0.6 is 0 Å². The largest absolute Gasteiger partial charge is 0.310 e. The topological polar surface area (TPSA) is 6.48 Å². The van der Waals surface area contributed by atoms with Crippen LogP contribution in [0.3, 0.4) is 0 Å². The van der Waals surface area contributed by atoms with Crippen LogP contribution in [0.1, 0.15) is 72.2 Å². The van der Waals surface area contributed by atoms with Gasteiger partial charge in [0.1, 0.15) is 0 Å². The second-order valence-electron chi connectivity index (χ2n) is 16.6. The third kappa shape index (κ3) is 5.22. The van der Waals surface area contributed by atoms with E-state index in [-0.39, 0.29) is 10.8 Å². The van der Waals surface area contributed by atoms with Crippen LogP contribution < -0.4 is 9.80 Å². The molecule has 0 atom stereocenters. The lowest BCUT2D eigenvalue weighted by molar-refractivity contribution is 0.652. The maximum Gasteiger partial charge on any atom is 0.0467 e. The Kier molecular flexibility index (Phi) is 7.76. The Bertz CT molecular complexity index is 2410. The zero-order valence-electron chi connectivity index (χ0n) is 32.8. The average Bonchev–Trinajstić information content (AvgIpc) is 3.51. The van der Waals surface area contributed by atoms with E-state index in [2.05, 4.69) is 211 Å². The molecule has 0 spiro atoms. The third-order valence-electron chi connectivity index (χ3n) is 12.1. The number of aryl methyl sites for hydroxylation is 4. The molecule has 2 nitrogen and oxygen atoms in total. The molecule has 0 unspecified atom stereocenters. The molecule has 0 saturated carbocycles. The molecule has 2 aliphatic rings. The number of rotatable bonds is 6. The van der Waals surface area contributed by atoms with Crippen molar-refractivity contribution in [1.82, 2.24) is 0 Å². The Hall–Kier alpha value is -5.86. The smallest absolute Gasteiger partial charge is 0.0467 e. The zero-order valence-corrected chi connectivity index (χ0v) is 32.8. The molecule has 0 fully saturated rings. The van der Waals surface area contributed by atoms with Crippen molar-refractivity contribution in [2.24, 2.45) is 0 Å². The van der Waals surface area contributed by atoms with Gasteiger partial charge in [0.2, 0.25) is 0 Å². The standard InChI is InChI=1S/C52H48N2/c1-33-17-15-23-39(25-33)53(37-19-11-9-12-20-37)41-27-35(3)49-43-31-46-44(32-45(43)51(5,6)47(49)29-41)50-36(4)28-42(30-48(50)52(46,7)8)54(38-21-13-10-14-22-38)40-24-16-18-34(2)26-40/h9-32H,1-8H3. The first-order valence-electron chi connectivity index (χ1n) is 19.3. The molecule has 7 aromatic rings. The first-order valence-corrected chi connectivity index (χ1v) is 19.3. The van der Waals surface area contributed by atoms with E-state index >= 15 is 0 Å². The minimum absolute atomic E-state index is 0.175. The highest BCUT2D eigenvalue weighted by atomic mass is 15.1. The van der Waals surface area contributed by atoms with E-state index in [1.54, 1.807) is 0 Å². The van der Waals surface area contributed by atoms with E-state index in [1.165, 1.54) is 89.5 Å². The second-order valence-corrected chi connectivity index (χ2v) is 16.6. The number of hydrogen-bond donors (Lipinski definition) is 0. The predicted molar refractivity (Wildman–Crippen MR) is 230 cm³/mol. The second kappa shape index (κ2) is 12.4. The van der Waals surface area contributed by atoms with E-state index in [1.807, 2.05) is 0 Å². The number of fused-ring (bicyclic) bond motifs is 6. The summed E-state index contributed by atoms with van der Waals surface area (Å²) >= 11 is 0. The highest BCUT2D eigenvalue weighted by Crippen LogP contribution is 2.59. The lowest BCUT2D eigenvalue weighted by atomic mass is 9.79. The molecule has 0 N–H and O–H groups in total. The van der Waals surface area contributed by atoms with Crippen LogP contribution in [0.25, 0.3) is 22.3 Å². The van der Waals surface area contributed by atoms with Crippen molar-refractivity contribution in [2.45, 2.75) is 66.2 Å². The quantitative estimate of drug-likeness (QED) is 0.170. The summed E-state index contributed by atoms with van der Waals surface area (Å²) < 4.78 is 0. The van der Waals surface area contributed by atoms with Crippen LogP contribution in [0.4, 0.5) is 34.1 Å². The number of para-hydroxylation sites is 2. The molecule has 0 radical (unpaired) electrons. The summed E-state index contributed by atoms with van der Waals surface area (Å²) in [6, 6.07) is 54.0. The van der Waals surface area contributed by atoms with Crippen LogP contribution in [-0.2, 0) is 10.8 Å². The molecule has 0 bridgehead atoms. The Labute approximate surface area is 321 Å². The maximum absolute atomic E-state index is 2.55. The van der Waals surface area contributed by atoms with Crippen LogP contribution in [0.15, 0.2) is 146 Å². The van der Waals surface area contributed by atoms with E-state index in [4.69, 9.17) is 0 Å². The summed E-state index contributed by atoms with van der Waals surface area (Å²) in [6.45, 7) is 18.6. The predicted octanol–water partition coefficient (Wildman–Crippen LogP) is 14.5. The van der Waals surface area contributed by atoms with Gasteiger partial charge in [0, 0.05) is 45.0 Å². The van der Waals surface area contributed by atoms with Crippen molar-refractivity contribution in [1.29, 1.82) is 0 Å². The van der Waals surface area contributed by atoms with Crippen LogP contribution in [0.2, 0.25) is 0 Å². The van der Waals surface area contributed by atoms with Gasteiger partial charge in [-0.3, -0.25) is 0 Å². The molecule has 54 heavy (non-hydrogen) atoms. The molecule has 0 saturated heterocycles. The first kappa shape index (κ1) is 33.9. The molecule has 0 aliphatic heterocycles. The average molecular weight is 701 g/mol. The van der Waals surface area contributed by atoms with Gasteiger partial charge < -0.3 is 9.80 Å². The van der Waals surface area contributed by atoms with Gasteiger partial charge in [-0.2, -0.15) is 0 Å². The van der Waals surface area contributed by atoms with Crippen molar-refractivity contribution < 1.29 is 0 Å². The highest BCUT2D eigenvalue weighted by Gasteiger charge is 2.43. The van der Waals surface area contributed by atoms with Crippen LogP contribution in [0, 0.1) is 27.7 Å². The minimum Gasteiger partial charge on any atom is -0.310 e. The Morgan fingerprint density at radius 2 is 0.704 bits per heavy atom. The van der Waals surface area contributed by atoms with Crippen molar-refractivity contribution in [2.75, 3.05) is 9.80 Å². The lowest BCUT2D eigenvalue weighted by Gasteiger charge is -2.29. The van der Waals surface area contributed by atoms with Crippen LogP contribution in [-0.4, -0.2) is 0 Å². The number of anilines is 6. The first-order chi connectivity index (χ1) is 25.9. The highest BCUT2D eigenvalue weighted by molar-refractivity contribution is 5.94. The van der Waals surface area contributed by atoms with Crippen molar-refractivity contribution in [3.63, 3.8) is 0 Å². The molecule has 0 heterocycles. The third-order valence-corrected chi connectivity index (χ3v) is 12.1. The Balaban J connectivity index is 1.19. The van der Waals surface area contributed by atoms with E-state index in [0.29, 0.717) is 0 Å². The fourth-order valence-corrected chi connectivity index (χ4v) is 9.42. The molecule has 2 heteroatoms. The Morgan fingerprint density at radius 1 is 0.333 bits per heavy atom. The van der Waals surface area contributed by atoms with E-state index in [9.17, 15) is 0 Å². The van der Waals surface area contributed by atoms with Crippen LogP contribution in [0.5, 0.6) is 0 Å². The molecule has 9 rings (SSSR count). The molecule has 7 aromatic carbocycles. The number of benzene rings is 7. The Morgan fingerprint density at radius 3 is 1.07 bits per heavy atom. The monoisotopic (exact) mass is 700 g/mol. The maximum atomic E-state index is 2.55. The molecule has 266 valence electrons. The van der Waals surface area contributed by atoms with E-state index in [0.717, 1.165) is 11.4 Å². The van der Waals surface area contributed by atoms with Crippen molar-refractivity contribution in [3.8, 4) is 22.3 Å². The van der Waals surface area contributed by atoms with Gasteiger partial charge in [-0.15, -0.1) is 0 Å². The zero-order chi connectivity index (χ0) is 37.5. The normalized spacial score (nSPS) is 14.2. The minimum atomic E-state index is -0.175. The summed E-state index contributed by atoms with van der Waals surface area (Å²) in [7, 11) is 0. The van der Waals surface area contributed by atoms with Gasteiger partial charge in [-0.25, -0.2) is 0 Å². The van der Waals surface area contributed by atoms with Gasteiger partial charge in [-0.05, 0) is 179 Å². The molecule has 2 aliphatic carbocycles. The summed E-state index contributed by atoms with van der Waals surface area (Å²) in [4.78, 5) is 4.82. The van der Waals surface area contributed by atoms with Gasteiger partial charge in [0.05, 0.1) is 0 Å². The summed E-state index contributed by atoms with van der Waals surface area (Å²) in [6.07, 6.45) is 0. The summed E-state index contributed by atoms with van der Waals surface area (Å²) in [5.41, 5.74) is 23.0. The fraction of sp³-hybridized carbons (Fsp3) is 0.192. The van der Waals surface area contributed by atoms with Crippen molar-refractivity contribution >= 4 is 34.1 Å². The molecular weight excluding hydrogens is 653 g/mol. The lowest BCUT2D eigenvalue weighted by Crippen LogP contribution is -2.18. The number of hydrogen-bond acceptors (Lipinski definition) is 2. The van der Waals surface area contributed by atoms with Gasteiger partial charge in [0.25, 0.3) is 0 Å². The number of nitrogens with zero attached hydrogens (tertiary/aromatic N) is 2. The van der Waals surface area contributed by atoms with E-state index < -0.39 is 0 Å². The molecule has 0 aromatic heterocycles. The van der Waals surface area contributed by atoms with Gasteiger partial charge in [0.15, 0.2) is 0 Å². The summed E-state index contributed by atoms with van der Waals surface area (Å²) in [5, 5.41) is 0. The van der Waals surface area contributed by atoms with Gasteiger partial charge >= 0.3 is 0 Å². The SMILES string of the molecule is Cc1cccc(N(c2ccccc2)c2cc(C)c3c(c2)C(C)(C)c2cc4c(cc2-3)C(C)(C)c2cc(N(c3ccccc3)c3cccc(C)c3)cc(C)c2-4)c1. The van der Waals surface area contributed by atoms with Gasteiger partial charge in [-0.1, -0.05) is 88.4 Å². The molecule has 0 amide bonds. The fourth-order valence-electron chi connectivity index (χ4n) is 9.42.